The summed E-state index contributed by atoms with van der Waals surface area (Å²) < 4.78 is 112. The fourth-order valence-electron chi connectivity index (χ4n) is 10.1. The van der Waals surface area contributed by atoms with Gasteiger partial charge in [0.05, 0.1) is 101 Å². The van der Waals surface area contributed by atoms with Crippen LogP contribution in [0.2, 0.25) is 0 Å². The number of nitrogens with zero attached hydrogens (tertiary/aromatic N) is 1. The molecule has 0 aromatic heterocycles. The van der Waals surface area contributed by atoms with Gasteiger partial charge in [-0.1, -0.05) is 123 Å². The van der Waals surface area contributed by atoms with Gasteiger partial charge in [0.25, 0.3) is 0 Å². The van der Waals surface area contributed by atoms with Crippen molar-refractivity contribution in [1.29, 1.82) is 0 Å². The molecule has 0 N–H and O–H groups in total. The van der Waals surface area contributed by atoms with E-state index in [1.165, 1.54) is 0 Å². The number of fused-ring (bicyclic) bond motifs is 4. The van der Waals surface area contributed by atoms with Crippen LogP contribution < -0.4 is 19.6 Å². The van der Waals surface area contributed by atoms with E-state index in [1.807, 2.05) is 104 Å². The number of hydroxylamine groups is 2. The molecule has 512 valence electrons. The molecular formula is C59H115NO21P4S-4. The molecule has 6 saturated heterocycles. The standard InChI is InChI=1S/C16H32NO6P.C15H29O6P.C14H29O5P.C14H29O4PS/c1-10(2)13-14-15(23-24(18,19)12(5)6)16(21-13,8-17(7)22-14)9-20-11(3)4;1-9(2)12-13-14(21-22(16,17)11(5)6)15(20-12,8-19-13)7-18-10(3)4;1-9(2)12-7-13(19-20(15,16)11(5)6)14(18-12)8-17-10(3)4;1-9(2)12-7-13(18-19(15,20)11(5)6)14(17-12)8-16-10(3)4/h10-15H,8-9H2,1-7H3,(H,18,19);9-14H,7-8H2,1-6H3,(H,16,17);9-14H,7-8H2,1-6H3,(H,15,16);9-14H,7-8H2,1-6H3,(H,15,20)/p-4/t13-,14?,15+,16+;12-,13?,14+,15-;12-,13-,14-;12-,13-,14-,19?/m0011/s1. The van der Waals surface area contributed by atoms with E-state index in [0.717, 1.165) is 6.42 Å². The van der Waals surface area contributed by atoms with E-state index >= 15 is 0 Å². The Balaban J connectivity index is 0.000000301. The van der Waals surface area contributed by atoms with Crippen molar-refractivity contribution in [2.24, 2.45) is 23.7 Å². The van der Waals surface area contributed by atoms with Gasteiger partial charge in [-0.15, -0.1) is 0 Å². The first-order valence-corrected chi connectivity index (χ1v) is 39.0. The highest BCUT2D eigenvalue weighted by molar-refractivity contribution is 8.09. The first-order chi connectivity index (χ1) is 39.3. The molecule has 6 fully saturated rings. The highest BCUT2D eigenvalue weighted by Gasteiger charge is 2.65. The lowest BCUT2D eigenvalue weighted by molar-refractivity contribution is -0.270. The number of hydrogen-bond donors (Lipinski definition) is 0. The monoisotopic (exact) mass is 1330 g/mol. The summed E-state index contributed by atoms with van der Waals surface area (Å²) in [6.07, 6.45) is -2.03. The Bertz CT molecular complexity index is 2140. The Morgan fingerprint density at radius 1 is 0.488 bits per heavy atom. The maximum atomic E-state index is 12.4. The van der Waals surface area contributed by atoms with Gasteiger partial charge in [0, 0.05) is 36.9 Å². The fraction of sp³-hybridized carbons (Fsp3) is 1.00. The SMILES string of the molecule is CC(C)OC[C@@]12CN(C)OC([C@H](C(C)C)O1)[C@H]2OP(=O)([O-])C(C)C.CC(C)OC[C@@]12COC([C@H](C(C)C)O1)[C@H]2OP(=O)([O-])C(C)C.CC(C)OC[C@H]1O[C@@H](C(C)C)C[C@H]1OP(=O)([O-])C(C)C.CC(C)OC[C@H]1O[C@@H](C(C)C)C[C@H]1OP([O-])(=S)C(C)C. The second-order valence-corrected chi connectivity index (χ2v) is 38.5. The highest BCUT2D eigenvalue weighted by Crippen LogP contribution is 2.55. The topological polar surface area (TPSA) is 276 Å². The van der Waals surface area contributed by atoms with Crippen molar-refractivity contribution in [2.75, 3.05) is 46.6 Å². The molecule has 0 spiro atoms. The zero-order valence-electron chi connectivity index (χ0n) is 56.7. The Kier molecular flexibility index (Phi) is 32.2. The van der Waals surface area contributed by atoms with Crippen molar-refractivity contribution in [2.45, 2.75) is 311 Å². The molecule has 0 aliphatic carbocycles. The zero-order valence-corrected chi connectivity index (χ0v) is 61.1. The molecule has 6 heterocycles. The van der Waals surface area contributed by atoms with Gasteiger partial charge in [-0.05, 0) is 91.2 Å². The van der Waals surface area contributed by atoms with Crippen molar-refractivity contribution in [3.63, 3.8) is 0 Å². The number of ether oxygens (including phenoxy) is 9. The fourth-order valence-corrected chi connectivity index (χ4v) is 13.8. The summed E-state index contributed by atoms with van der Waals surface area (Å²) >= 11 is 5.13. The third kappa shape index (κ3) is 23.2. The summed E-state index contributed by atoms with van der Waals surface area (Å²) in [5, 5.41) is 1.70. The Morgan fingerprint density at radius 3 is 1.22 bits per heavy atom. The second-order valence-electron chi connectivity index (χ2n) is 27.7. The predicted molar refractivity (Wildman–Crippen MR) is 330 cm³/mol. The van der Waals surface area contributed by atoms with Crippen LogP contribution in [-0.2, 0) is 91.1 Å². The van der Waals surface area contributed by atoms with Gasteiger partial charge in [0.2, 0.25) is 0 Å². The third-order valence-electron chi connectivity index (χ3n) is 15.7. The molecule has 86 heavy (non-hydrogen) atoms. The summed E-state index contributed by atoms with van der Waals surface area (Å²) in [4.78, 5) is 54.8. The second kappa shape index (κ2) is 34.3. The Hall–Kier alpha value is 0.580. The molecule has 6 unspecified atom stereocenters. The maximum Gasteiger partial charge on any atom is 0.144 e. The lowest BCUT2D eigenvalue weighted by Gasteiger charge is -2.45. The van der Waals surface area contributed by atoms with E-state index in [-0.39, 0.29) is 104 Å². The molecule has 0 amide bonds. The molecule has 0 radical (unpaired) electrons. The molecule has 6 aliphatic rings. The quantitative estimate of drug-likeness (QED) is 0.0660. The van der Waals surface area contributed by atoms with Crippen molar-refractivity contribution in [3.8, 4) is 0 Å². The van der Waals surface area contributed by atoms with Crippen molar-refractivity contribution in [3.05, 3.63) is 0 Å². The smallest absolute Gasteiger partial charge is 0.144 e. The lowest BCUT2D eigenvalue weighted by atomic mass is 9.91. The molecule has 0 aromatic rings. The van der Waals surface area contributed by atoms with Gasteiger partial charge in [-0.2, -0.15) is 5.06 Å². The first-order valence-electron chi connectivity index (χ1n) is 31.4. The van der Waals surface area contributed by atoms with Gasteiger partial charge in [-0.25, -0.2) is 0 Å². The molecule has 22 nitrogen and oxygen atoms in total. The Labute approximate surface area is 523 Å². The largest absolute Gasteiger partial charge is 0.800 e. The van der Waals surface area contributed by atoms with Crippen LogP contribution in [0.1, 0.15) is 179 Å². The van der Waals surface area contributed by atoms with Gasteiger partial charge in [0.15, 0.2) is 0 Å². The summed E-state index contributed by atoms with van der Waals surface area (Å²) in [5.74, 6) is 1.10. The molecule has 4 bridgehead atoms. The van der Waals surface area contributed by atoms with E-state index in [0.29, 0.717) is 44.6 Å². The van der Waals surface area contributed by atoms with E-state index < -0.39 is 81.9 Å². The number of rotatable bonds is 28. The van der Waals surface area contributed by atoms with Crippen LogP contribution in [0.4, 0.5) is 0 Å². The summed E-state index contributed by atoms with van der Waals surface area (Å²) in [7, 11) is -10.0. The molecule has 18 atom stereocenters. The van der Waals surface area contributed by atoms with E-state index in [2.05, 4.69) is 27.7 Å². The minimum absolute atomic E-state index is 0.0116. The predicted octanol–water partition coefficient (Wildman–Crippen LogP) is 9.01. The van der Waals surface area contributed by atoms with Gasteiger partial charge < -0.3 is 94.0 Å². The highest BCUT2D eigenvalue weighted by atomic mass is 32.5. The number of likely N-dealkylation sites (N-methyl/N-ethyl adjacent to an activating group) is 1. The minimum Gasteiger partial charge on any atom is -0.800 e. The molecular weight excluding hydrogens is 1210 g/mol. The first kappa shape index (κ1) is 80.8. The molecule has 6 aliphatic heterocycles. The molecule has 0 aromatic carbocycles. The van der Waals surface area contributed by atoms with E-state index in [4.69, 9.17) is 77.4 Å². The van der Waals surface area contributed by atoms with Gasteiger partial charge in [0.1, 0.15) is 70.6 Å². The van der Waals surface area contributed by atoms with Gasteiger partial charge in [-0.3, -0.25) is 4.84 Å². The van der Waals surface area contributed by atoms with Crippen LogP contribution in [0.3, 0.4) is 0 Å². The van der Waals surface area contributed by atoms with Crippen LogP contribution >= 0.6 is 29.3 Å². The van der Waals surface area contributed by atoms with Crippen LogP contribution in [0.15, 0.2) is 0 Å². The van der Waals surface area contributed by atoms with Crippen LogP contribution in [-0.4, -0.2) is 183 Å². The van der Waals surface area contributed by atoms with E-state index in [9.17, 15) is 33.3 Å². The molecule has 27 heteroatoms. The lowest BCUT2D eigenvalue weighted by Crippen LogP contribution is -2.60. The van der Waals surface area contributed by atoms with Crippen LogP contribution in [0.25, 0.3) is 0 Å². The molecule has 0 saturated carbocycles. The average Bonchev–Trinajstić information content (AvgIpc) is 1.61. The van der Waals surface area contributed by atoms with E-state index in [1.54, 1.807) is 46.6 Å². The number of hydrogen-bond acceptors (Lipinski definition) is 23. The minimum atomic E-state index is -4.02. The summed E-state index contributed by atoms with van der Waals surface area (Å²) in [6.45, 7) is 44.5. The third-order valence-corrected chi connectivity index (χ3v) is 24.5. The van der Waals surface area contributed by atoms with Crippen LogP contribution in [0, 0.1) is 23.7 Å². The summed E-state index contributed by atoms with van der Waals surface area (Å²) in [5.41, 5.74) is -3.54. The van der Waals surface area contributed by atoms with Gasteiger partial charge >= 0.3 is 0 Å². The Morgan fingerprint density at radius 2 is 0.849 bits per heavy atom. The maximum absolute atomic E-state index is 12.4. The van der Waals surface area contributed by atoms with Crippen molar-refractivity contribution in [1.82, 2.24) is 5.06 Å². The van der Waals surface area contributed by atoms with Crippen molar-refractivity contribution >= 4 is 41.1 Å². The summed E-state index contributed by atoms with van der Waals surface area (Å²) in [6, 6.07) is 0. The van der Waals surface area contributed by atoms with Crippen LogP contribution in [0.5, 0.6) is 0 Å². The zero-order chi connectivity index (χ0) is 66.0. The normalized spacial score (nSPS) is 34.0. The average molecular weight is 1330 g/mol. The molecule has 6 rings (SSSR count). The van der Waals surface area contributed by atoms with Crippen molar-refractivity contribution < 1.29 is 98.8 Å².